The van der Waals surface area contributed by atoms with Gasteiger partial charge < -0.3 is 9.88 Å². The summed E-state index contributed by atoms with van der Waals surface area (Å²) >= 11 is 0. The number of hydrogen-bond acceptors (Lipinski definition) is 4. The van der Waals surface area contributed by atoms with E-state index in [0.717, 1.165) is 61.3 Å². The molecule has 5 nitrogen and oxygen atoms in total. The molecule has 0 aliphatic carbocycles. The zero-order valence-electron chi connectivity index (χ0n) is 23.1. The Morgan fingerprint density at radius 3 is 2.47 bits per heavy atom. The SMILES string of the molecule is Cc1cccc2[nH]c(C(C)(C)CCN3CCCC(c4c(CS(C)(=O)=O)cccc4C(C)(C)C)C3)nc12. The highest BCUT2D eigenvalue weighted by atomic mass is 32.2. The van der Waals surface area contributed by atoms with Crippen molar-refractivity contribution in [3.63, 3.8) is 0 Å². The molecule has 1 aromatic heterocycles. The molecule has 2 heterocycles. The second-order valence-corrected chi connectivity index (χ2v) is 14.7. The summed E-state index contributed by atoms with van der Waals surface area (Å²) in [6, 6.07) is 12.5. The molecular formula is C30H43N3O2S. The normalized spacial score (nSPS) is 18.1. The van der Waals surface area contributed by atoms with Crippen LogP contribution in [0.25, 0.3) is 11.0 Å². The molecule has 6 heteroatoms. The van der Waals surface area contributed by atoms with E-state index >= 15 is 0 Å². The van der Waals surface area contributed by atoms with E-state index < -0.39 is 9.84 Å². The smallest absolute Gasteiger partial charge is 0.151 e. The van der Waals surface area contributed by atoms with Crippen LogP contribution in [-0.2, 0) is 26.4 Å². The van der Waals surface area contributed by atoms with Crippen LogP contribution in [0.5, 0.6) is 0 Å². The number of para-hydroxylation sites is 1. The van der Waals surface area contributed by atoms with Crippen molar-refractivity contribution in [2.75, 3.05) is 25.9 Å². The topological polar surface area (TPSA) is 66.1 Å². The van der Waals surface area contributed by atoms with Gasteiger partial charge in [-0.15, -0.1) is 0 Å². The zero-order chi connectivity index (χ0) is 26.3. The van der Waals surface area contributed by atoms with Crippen molar-refractivity contribution >= 4 is 20.9 Å². The molecule has 0 radical (unpaired) electrons. The molecule has 0 bridgehead atoms. The van der Waals surface area contributed by atoms with Gasteiger partial charge in [0.25, 0.3) is 0 Å². The first-order valence-electron chi connectivity index (χ1n) is 13.2. The molecule has 1 N–H and O–H groups in total. The first-order chi connectivity index (χ1) is 16.7. The molecule has 1 aliphatic heterocycles. The van der Waals surface area contributed by atoms with Crippen LogP contribution >= 0.6 is 0 Å². The molecule has 0 spiro atoms. The number of piperidine rings is 1. The Hall–Kier alpha value is -2.18. The molecule has 4 rings (SSSR count). The van der Waals surface area contributed by atoms with E-state index in [4.69, 9.17) is 4.98 Å². The van der Waals surface area contributed by atoms with Gasteiger partial charge in [-0.3, -0.25) is 0 Å². The summed E-state index contributed by atoms with van der Waals surface area (Å²) in [5.74, 6) is 1.51. The molecule has 196 valence electrons. The fourth-order valence-corrected chi connectivity index (χ4v) is 6.52. The predicted molar refractivity (Wildman–Crippen MR) is 151 cm³/mol. The van der Waals surface area contributed by atoms with Crippen LogP contribution in [0.2, 0.25) is 0 Å². The van der Waals surface area contributed by atoms with Crippen molar-refractivity contribution in [1.29, 1.82) is 0 Å². The van der Waals surface area contributed by atoms with Gasteiger partial charge in [-0.25, -0.2) is 13.4 Å². The molecule has 1 saturated heterocycles. The van der Waals surface area contributed by atoms with Crippen molar-refractivity contribution in [3.05, 3.63) is 64.5 Å². The molecule has 1 atom stereocenters. The van der Waals surface area contributed by atoms with Crippen LogP contribution in [0.3, 0.4) is 0 Å². The molecule has 1 aliphatic rings. The lowest BCUT2D eigenvalue weighted by molar-refractivity contribution is 0.190. The Morgan fingerprint density at radius 1 is 1.08 bits per heavy atom. The van der Waals surface area contributed by atoms with E-state index in [1.165, 1.54) is 22.9 Å². The lowest BCUT2D eigenvalue weighted by Gasteiger charge is -2.38. The number of imidazole rings is 1. The highest BCUT2D eigenvalue weighted by molar-refractivity contribution is 7.89. The summed E-state index contributed by atoms with van der Waals surface area (Å²) in [4.78, 5) is 11.1. The minimum absolute atomic E-state index is 0.0352. The second kappa shape index (κ2) is 9.94. The van der Waals surface area contributed by atoms with Gasteiger partial charge >= 0.3 is 0 Å². The molecule has 3 aromatic rings. The number of aromatic nitrogens is 2. The molecule has 0 amide bonds. The number of aromatic amines is 1. The predicted octanol–water partition coefficient (Wildman–Crippen LogP) is 6.26. The molecular weight excluding hydrogens is 466 g/mol. The number of fused-ring (bicyclic) bond motifs is 1. The Balaban J connectivity index is 1.54. The molecule has 1 unspecified atom stereocenters. The van der Waals surface area contributed by atoms with Gasteiger partial charge in [-0.1, -0.05) is 65.0 Å². The van der Waals surface area contributed by atoms with Crippen LogP contribution < -0.4 is 0 Å². The van der Waals surface area contributed by atoms with Gasteiger partial charge in [0.15, 0.2) is 9.84 Å². The Bertz CT molecular complexity index is 1330. The van der Waals surface area contributed by atoms with E-state index in [9.17, 15) is 8.42 Å². The number of rotatable bonds is 7. The maximum atomic E-state index is 12.3. The fraction of sp³-hybridized carbons (Fsp3) is 0.567. The Kier molecular flexibility index (Phi) is 7.42. The number of nitrogens with one attached hydrogen (secondary N) is 1. The van der Waals surface area contributed by atoms with Gasteiger partial charge in [0.05, 0.1) is 16.8 Å². The maximum absolute atomic E-state index is 12.3. The summed E-state index contributed by atoms with van der Waals surface area (Å²) in [6.07, 6.45) is 4.59. The quantitative estimate of drug-likeness (QED) is 0.408. The van der Waals surface area contributed by atoms with Crippen LogP contribution in [0.4, 0.5) is 0 Å². The van der Waals surface area contributed by atoms with Crippen molar-refractivity contribution in [3.8, 4) is 0 Å². The van der Waals surface area contributed by atoms with Crippen molar-refractivity contribution in [2.24, 2.45) is 0 Å². The largest absolute Gasteiger partial charge is 0.342 e. The number of aryl methyl sites for hydroxylation is 1. The van der Waals surface area contributed by atoms with Gasteiger partial charge in [-0.2, -0.15) is 0 Å². The van der Waals surface area contributed by atoms with E-state index in [1.807, 2.05) is 12.1 Å². The molecule has 0 saturated carbocycles. The van der Waals surface area contributed by atoms with Crippen LogP contribution in [0.15, 0.2) is 36.4 Å². The highest BCUT2D eigenvalue weighted by Gasteiger charge is 2.31. The standard InChI is InChI=1S/C30H43N3O2S/c1-21-11-8-15-25-27(21)32-28(31-25)30(5,6)16-18-33-17-10-13-22(19-33)26-23(20-36(7,34)35)12-9-14-24(26)29(2,3)4/h8-9,11-12,14-15,22H,10,13,16-20H2,1-7H3,(H,31,32). The number of sulfone groups is 1. The minimum atomic E-state index is -3.11. The van der Waals surface area contributed by atoms with Gasteiger partial charge in [0, 0.05) is 18.2 Å². The summed E-state index contributed by atoms with van der Waals surface area (Å²) in [5.41, 5.74) is 6.81. The van der Waals surface area contributed by atoms with Gasteiger partial charge in [0.1, 0.15) is 5.82 Å². The van der Waals surface area contributed by atoms with Gasteiger partial charge in [-0.05, 0) is 78.9 Å². The molecule has 36 heavy (non-hydrogen) atoms. The number of H-pyrrole nitrogens is 1. The fourth-order valence-electron chi connectivity index (χ4n) is 5.70. The van der Waals surface area contributed by atoms with Crippen molar-refractivity contribution in [2.45, 2.75) is 83.3 Å². The first-order valence-corrected chi connectivity index (χ1v) is 15.3. The summed E-state index contributed by atoms with van der Waals surface area (Å²) in [7, 11) is -3.11. The number of likely N-dealkylation sites (tertiary alicyclic amines) is 1. The lowest BCUT2D eigenvalue weighted by atomic mass is 9.76. The third-order valence-electron chi connectivity index (χ3n) is 7.74. The summed E-state index contributed by atoms with van der Waals surface area (Å²) < 4.78 is 24.5. The summed E-state index contributed by atoms with van der Waals surface area (Å²) in [5, 5.41) is 0. The maximum Gasteiger partial charge on any atom is 0.151 e. The number of hydrogen-bond donors (Lipinski definition) is 1. The van der Waals surface area contributed by atoms with Gasteiger partial charge in [0.2, 0.25) is 0 Å². The van der Waals surface area contributed by atoms with Crippen molar-refractivity contribution < 1.29 is 8.42 Å². The van der Waals surface area contributed by atoms with E-state index in [0.29, 0.717) is 5.92 Å². The second-order valence-electron chi connectivity index (χ2n) is 12.5. The van der Waals surface area contributed by atoms with Crippen LogP contribution in [0.1, 0.15) is 87.9 Å². The minimum Gasteiger partial charge on any atom is -0.342 e. The molecule has 2 aromatic carbocycles. The third kappa shape index (κ3) is 6.03. The van der Waals surface area contributed by atoms with Crippen LogP contribution in [-0.4, -0.2) is 49.2 Å². The first kappa shape index (κ1) is 26.9. The average Bonchev–Trinajstić information content (AvgIpc) is 3.23. The lowest BCUT2D eigenvalue weighted by Crippen LogP contribution is -2.38. The van der Waals surface area contributed by atoms with E-state index in [-0.39, 0.29) is 16.6 Å². The Labute approximate surface area is 217 Å². The average molecular weight is 510 g/mol. The number of benzene rings is 2. The van der Waals surface area contributed by atoms with E-state index in [1.54, 1.807) is 0 Å². The highest BCUT2D eigenvalue weighted by Crippen LogP contribution is 2.38. The zero-order valence-corrected chi connectivity index (χ0v) is 23.9. The number of nitrogens with zero attached hydrogens (tertiary/aromatic N) is 2. The van der Waals surface area contributed by atoms with Crippen molar-refractivity contribution in [1.82, 2.24) is 14.9 Å². The monoisotopic (exact) mass is 509 g/mol. The Morgan fingerprint density at radius 2 is 1.81 bits per heavy atom. The molecule has 1 fully saturated rings. The third-order valence-corrected chi connectivity index (χ3v) is 8.58. The van der Waals surface area contributed by atoms with Crippen LogP contribution in [0, 0.1) is 6.92 Å². The summed E-state index contributed by atoms with van der Waals surface area (Å²) in [6.45, 7) is 16.4. The van der Waals surface area contributed by atoms with E-state index in [2.05, 4.69) is 75.7 Å².